The smallest absolute Gasteiger partial charge is 0.137 e. The van der Waals surface area contributed by atoms with E-state index >= 15 is 0 Å². The van der Waals surface area contributed by atoms with Crippen LogP contribution in [0.4, 0.5) is 0 Å². The lowest BCUT2D eigenvalue weighted by atomic mass is 10.1. The van der Waals surface area contributed by atoms with E-state index in [2.05, 4.69) is 15.9 Å². The molecular weight excluding hydrogens is 298 g/mol. The Kier molecular flexibility index (Phi) is 4.33. The highest BCUT2D eigenvalue weighted by molar-refractivity contribution is 9.10. The molecule has 0 heterocycles. The van der Waals surface area contributed by atoms with Gasteiger partial charge in [0, 0.05) is 9.50 Å². The molecule has 1 aromatic carbocycles. The number of aliphatic hydroxyl groups is 1. The molecule has 0 aliphatic heterocycles. The SMILES string of the molecule is OC(c1ccc(Cl)cc1Br)C(Cl)Cl. The quantitative estimate of drug-likeness (QED) is 0.821. The summed E-state index contributed by atoms with van der Waals surface area (Å²) >= 11 is 20.1. The van der Waals surface area contributed by atoms with Gasteiger partial charge in [-0.15, -0.1) is 23.2 Å². The first-order valence-corrected chi connectivity index (χ1v) is 5.48. The summed E-state index contributed by atoms with van der Waals surface area (Å²) in [6, 6.07) is 5.02. The second-order valence-electron chi connectivity index (χ2n) is 2.45. The summed E-state index contributed by atoms with van der Waals surface area (Å²) in [6.45, 7) is 0. The summed E-state index contributed by atoms with van der Waals surface area (Å²) in [5, 5.41) is 10.1. The molecule has 1 nitrogen and oxygen atoms in total. The topological polar surface area (TPSA) is 20.2 Å². The predicted molar refractivity (Wildman–Crippen MR) is 59.6 cm³/mol. The predicted octanol–water partition coefficient (Wildman–Crippen LogP) is 3.94. The average molecular weight is 304 g/mol. The van der Waals surface area contributed by atoms with Crippen LogP contribution in [0.5, 0.6) is 0 Å². The fourth-order valence-electron chi connectivity index (χ4n) is 0.877. The Morgan fingerprint density at radius 1 is 1.31 bits per heavy atom. The molecule has 0 aromatic heterocycles. The molecule has 0 saturated heterocycles. The van der Waals surface area contributed by atoms with Crippen LogP contribution in [0.15, 0.2) is 22.7 Å². The van der Waals surface area contributed by atoms with Gasteiger partial charge in [-0.3, -0.25) is 0 Å². The molecule has 0 radical (unpaired) electrons. The minimum atomic E-state index is -0.907. The van der Waals surface area contributed by atoms with Crippen molar-refractivity contribution in [2.24, 2.45) is 0 Å². The number of alkyl halides is 2. The summed E-state index contributed by atoms with van der Waals surface area (Å²) in [6.07, 6.45) is -0.907. The van der Waals surface area contributed by atoms with E-state index in [-0.39, 0.29) is 0 Å². The van der Waals surface area contributed by atoms with Gasteiger partial charge in [-0.1, -0.05) is 33.6 Å². The van der Waals surface area contributed by atoms with Crippen molar-refractivity contribution in [1.82, 2.24) is 0 Å². The van der Waals surface area contributed by atoms with E-state index in [1.54, 1.807) is 18.2 Å². The van der Waals surface area contributed by atoms with E-state index in [9.17, 15) is 5.11 Å². The van der Waals surface area contributed by atoms with Crippen LogP contribution in [-0.4, -0.2) is 9.94 Å². The Morgan fingerprint density at radius 3 is 2.38 bits per heavy atom. The molecule has 0 bridgehead atoms. The van der Waals surface area contributed by atoms with Gasteiger partial charge in [0.2, 0.25) is 0 Å². The average Bonchev–Trinajstić information content (AvgIpc) is 2.03. The number of hydrogen-bond donors (Lipinski definition) is 1. The van der Waals surface area contributed by atoms with Crippen LogP contribution >= 0.6 is 50.7 Å². The molecule has 1 unspecified atom stereocenters. The van der Waals surface area contributed by atoms with Crippen LogP contribution in [0.3, 0.4) is 0 Å². The number of halogens is 4. The number of rotatable bonds is 2. The molecule has 1 N–H and O–H groups in total. The summed E-state index contributed by atoms with van der Waals surface area (Å²) < 4.78 is 0.693. The number of hydrogen-bond acceptors (Lipinski definition) is 1. The molecule has 0 fully saturated rings. The van der Waals surface area contributed by atoms with Gasteiger partial charge in [-0.05, 0) is 17.7 Å². The molecule has 5 heteroatoms. The Balaban J connectivity index is 3.01. The maximum absolute atomic E-state index is 9.53. The molecule has 1 rings (SSSR count). The van der Waals surface area contributed by atoms with Crippen LogP contribution in [0.1, 0.15) is 11.7 Å². The van der Waals surface area contributed by atoms with E-state index in [0.29, 0.717) is 15.1 Å². The molecule has 13 heavy (non-hydrogen) atoms. The van der Waals surface area contributed by atoms with Crippen molar-refractivity contribution in [3.05, 3.63) is 33.3 Å². The molecule has 72 valence electrons. The van der Waals surface area contributed by atoms with Gasteiger partial charge in [0.25, 0.3) is 0 Å². The van der Waals surface area contributed by atoms with Crippen LogP contribution in [0.2, 0.25) is 5.02 Å². The number of aliphatic hydroxyl groups excluding tert-OH is 1. The maximum Gasteiger partial charge on any atom is 0.137 e. The molecule has 0 aliphatic rings. The van der Waals surface area contributed by atoms with Crippen molar-refractivity contribution in [2.75, 3.05) is 0 Å². The Labute approximate surface area is 99.7 Å². The molecule has 1 atom stereocenters. The van der Waals surface area contributed by atoms with E-state index < -0.39 is 10.9 Å². The van der Waals surface area contributed by atoms with Crippen LogP contribution in [-0.2, 0) is 0 Å². The first-order valence-electron chi connectivity index (χ1n) is 3.43. The first kappa shape index (κ1) is 11.6. The molecule has 1 aromatic rings. The van der Waals surface area contributed by atoms with Crippen molar-refractivity contribution in [1.29, 1.82) is 0 Å². The highest BCUT2D eigenvalue weighted by Crippen LogP contribution is 2.31. The standard InChI is InChI=1S/C8H6BrCl3O/c9-6-3-4(10)1-2-5(6)7(13)8(11)12/h1-3,7-8,13H. The maximum atomic E-state index is 9.53. The normalized spacial score (nSPS) is 13.4. The molecule has 0 spiro atoms. The van der Waals surface area contributed by atoms with Crippen molar-refractivity contribution >= 4 is 50.7 Å². The Hall–Kier alpha value is 0.530. The van der Waals surface area contributed by atoms with Crippen molar-refractivity contribution in [3.8, 4) is 0 Å². The van der Waals surface area contributed by atoms with Gasteiger partial charge in [0.1, 0.15) is 10.9 Å². The van der Waals surface area contributed by atoms with E-state index in [1.807, 2.05) is 0 Å². The van der Waals surface area contributed by atoms with Gasteiger partial charge in [-0.2, -0.15) is 0 Å². The monoisotopic (exact) mass is 302 g/mol. The van der Waals surface area contributed by atoms with Crippen LogP contribution < -0.4 is 0 Å². The number of benzene rings is 1. The first-order chi connectivity index (χ1) is 6.02. The highest BCUT2D eigenvalue weighted by Gasteiger charge is 2.18. The van der Waals surface area contributed by atoms with Crippen molar-refractivity contribution in [2.45, 2.75) is 10.9 Å². The zero-order valence-corrected chi connectivity index (χ0v) is 10.2. The lowest BCUT2D eigenvalue weighted by Crippen LogP contribution is -2.06. The fourth-order valence-corrected chi connectivity index (χ4v) is 2.07. The highest BCUT2D eigenvalue weighted by atomic mass is 79.9. The van der Waals surface area contributed by atoms with Crippen molar-refractivity contribution in [3.63, 3.8) is 0 Å². The van der Waals surface area contributed by atoms with Gasteiger partial charge in [-0.25, -0.2) is 0 Å². The van der Waals surface area contributed by atoms with E-state index in [0.717, 1.165) is 0 Å². The Morgan fingerprint density at radius 2 is 1.92 bits per heavy atom. The summed E-state index contributed by atoms with van der Waals surface area (Å²) in [7, 11) is 0. The third kappa shape index (κ3) is 3.00. The van der Waals surface area contributed by atoms with E-state index in [1.165, 1.54) is 0 Å². The minimum absolute atomic E-state index is 0.587. The molecule has 0 saturated carbocycles. The van der Waals surface area contributed by atoms with E-state index in [4.69, 9.17) is 34.8 Å². The fraction of sp³-hybridized carbons (Fsp3) is 0.250. The van der Waals surface area contributed by atoms with Crippen LogP contribution in [0.25, 0.3) is 0 Å². The summed E-state index contributed by atoms with van der Waals surface area (Å²) in [5.41, 5.74) is 0.624. The van der Waals surface area contributed by atoms with Gasteiger partial charge < -0.3 is 5.11 Å². The van der Waals surface area contributed by atoms with Crippen LogP contribution in [0, 0.1) is 0 Å². The lowest BCUT2D eigenvalue weighted by Gasteiger charge is -2.13. The van der Waals surface area contributed by atoms with Gasteiger partial charge in [0.15, 0.2) is 0 Å². The third-order valence-electron chi connectivity index (χ3n) is 1.52. The van der Waals surface area contributed by atoms with Gasteiger partial charge in [0.05, 0.1) is 0 Å². The summed E-state index contributed by atoms with van der Waals surface area (Å²) in [5.74, 6) is 0. The van der Waals surface area contributed by atoms with Crippen molar-refractivity contribution < 1.29 is 5.11 Å². The zero-order chi connectivity index (χ0) is 10.0. The Bertz CT molecular complexity index is 303. The molecule has 0 aliphatic carbocycles. The largest absolute Gasteiger partial charge is 0.386 e. The summed E-state index contributed by atoms with van der Waals surface area (Å²) in [4.78, 5) is -0.850. The molecule has 0 amide bonds. The minimum Gasteiger partial charge on any atom is -0.386 e. The zero-order valence-electron chi connectivity index (χ0n) is 6.35. The lowest BCUT2D eigenvalue weighted by molar-refractivity contribution is 0.192. The third-order valence-corrected chi connectivity index (χ3v) is 2.92. The second-order valence-corrected chi connectivity index (χ2v) is 4.90. The van der Waals surface area contributed by atoms with Gasteiger partial charge >= 0.3 is 0 Å². The molecular formula is C8H6BrCl3O. The second kappa shape index (κ2) is 4.85.